The molecule has 136 valence electrons. The molecule has 1 saturated heterocycles. The third kappa shape index (κ3) is 4.43. The first-order chi connectivity index (χ1) is 12.4. The lowest BCUT2D eigenvalue weighted by atomic mass is 10.0. The molecule has 1 fully saturated rings. The van der Waals surface area contributed by atoms with E-state index >= 15 is 0 Å². The third-order valence-electron chi connectivity index (χ3n) is 4.18. The zero-order valence-electron chi connectivity index (χ0n) is 14.7. The summed E-state index contributed by atoms with van der Waals surface area (Å²) in [6.07, 6.45) is 0.269. The minimum absolute atomic E-state index is 0.0187. The molecule has 1 amide bonds. The van der Waals surface area contributed by atoms with Crippen molar-refractivity contribution in [2.75, 3.05) is 5.75 Å². The van der Waals surface area contributed by atoms with Gasteiger partial charge in [-0.2, -0.15) is 0 Å². The second-order valence-corrected chi connectivity index (χ2v) is 8.60. The fourth-order valence-corrected chi connectivity index (χ4v) is 4.40. The smallest absolute Gasteiger partial charge is 0.233 e. The number of benzene rings is 2. The van der Waals surface area contributed by atoms with Gasteiger partial charge in [-0.3, -0.25) is 14.7 Å². The molecule has 2 aromatic carbocycles. The molecule has 0 bridgehead atoms. The fraction of sp³-hybridized carbons (Fsp3) is 0.300. The molecule has 0 aliphatic carbocycles. The van der Waals surface area contributed by atoms with Crippen molar-refractivity contribution >= 4 is 46.0 Å². The van der Waals surface area contributed by atoms with Crippen molar-refractivity contribution in [2.45, 2.75) is 32.4 Å². The predicted octanol–water partition coefficient (Wildman–Crippen LogP) is 5.45. The lowest BCUT2D eigenvalue weighted by molar-refractivity contribution is -0.129. The standard InChI is InChI=1S/C20H20Cl2N2OS/c1-20(2)13-26-19(23-12-14-6-4-3-5-7-14)24(20)18(25)11-15-8-9-16(21)17(22)10-15/h3-10H,11-13H2,1-2H3. The van der Waals surface area contributed by atoms with E-state index in [2.05, 4.69) is 13.8 Å². The Morgan fingerprint density at radius 1 is 1.12 bits per heavy atom. The number of nitrogens with zero attached hydrogens (tertiary/aromatic N) is 2. The minimum Gasteiger partial charge on any atom is -0.285 e. The highest BCUT2D eigenvalue weighted by molar-refractivity contribution is 8.14. The van der Waals surface area contributed by atoms with Gasteiger partial charge in [-0.05, 0) is 37.1 Å². The zero-order valence-corrected chi connectivity index (χ0v) is 17.0. The first-order valence-corrected chi connectivity index (χ1v) is 10.1. The van der Waals surface area contributed by atoms with Crippen molar-refractivity contribution in [2.24, 2.45) is 4.99 Å². The summed E-state index contributed by atoms with van der Waals surface area (Å²) in [4.78, 5) is 19.5. The lowest BCUT2D eigenvalue weighted by Gasteiger charge is -2.30. The van der Waals surface area contributed by atoms with Crippen LogP contribution in [0.3, 0.4) is 0 Å². The molecule has 0 atom stereocenters. The highest BCUT2D eigenvalue weighted by Gasteiger charge is 2.40. The molecule has 3 nitrogen and oxygen atoms in total. The number of aliphatic imine (C=N–C) groups is 1. The van der Waals surface area contributed by atoms with Crippen LogP contribution in [-0.2, 0) is 17.8 Å². The summed E-state index contributed by atoms with van der Waals surface area (Å²) in [7, 11) is 0. The van der Waals surface area contributed by atoms with E-state index in [0.29, 0.717) is 16.6 Å². The Hall–Kier alpha value is -1.49. The van der Waals surface area contributed by atoms with Gasteiger partial charge in [0, 0.05) is 5.75 Å². The van der Waals surface area contributed by atoms with Crippen LogP contribution in [-0.4, -0.2) is 27.3 Å². The fourth-order valence-electron chi connectivity index (χ4n) is 2.84. The van der Waals surface area contributed by atoms with Gasteiger partial charge in [-0.1, -0.05) is 71.4 Å². The summed E-state index contributed by atoms with van der Waals surface area (Å²) in [5.41, 5.74) is 1.70. The number of rotatable bonds is 4. The molecule has 2 aromatic rings. The van der Waals surface area contributed by atoms with E-state index in [-0.39, 0.29) is 17.9 Å². The van der Waals surface area contributed by atoms with Gasteiger partial charge < -0.3 is 0 Å². The van der Waals surface area contributed by atoms with Gasteiger partial charge in [0.2, 0.25) is 5.91 Å². The average molecular weight is 407 g/mol. The molecule has 1 heterocycles. The van der Waals surface area contributed by atoms with Crippen LogP contribution < -0.4 is 0 Å². The third-order valence-corrected chi connectivity index (χ3v) is 6.34. The predicted molar refractivity (Wildman–Crippen MR) is 111 cm³/mol. The monoisotopic (exact) mass is 406 g/mol. The Morgan fingerprint density at radius 3 is 2.54 bits per heavy atom. The van der Waals surface area contributed by atoms with Crippen molar-refractivity contribution in [3.05, 3.63) is 69.7 Å². The number of amides is 1. The molecule has 1 aliphatic heterocycles. The van der Waals surface area contributed by atoms with Crippen molar-refractivity contribution in [3.8, 4) is 0 Å². The molecule has 6 heteroatoms. The van der Waals surface area contributed by atoms with Crippen LogP contribution in [0.5, 0.6) is 0 Å². The minimum atomic E-state index is -0.270. The quantitative estimate of drug-likeness (QED) is 0.676. The summed E-state index contributed by atoms with van der Waals surface area (Å²) in [6, 6.07) is 15.4. The molecular weight excluding hydrogens is 387 g/mol. The number of thioether (sulfide) groups is 1. The number of carbonyl (C=O) groups excluding carboxylic acids is 1. The van der Waals surface area contributed by atoms with Gasteiger partial charge in [0.1, 0.15) is 0 Å². The molecule has 0 unspecified atom stereocenters. The van der Waals surface area contributed by atoms with Crippen LogP contribution in [0.4, 0.5) is 0 Å². The van der Waals surface area contributed by atoms with Crippen molar-refractivity contribution in [3.63, 3.8) is 0 Å². The second-order valence-electron chi connectivity index (χ2n) is 6.84. The van der Waals surface area contributed by atoms with Crippen molar-refractivity contribution < 1.29 is 4.79 Å². The second kappa shape index (κ2) is 8.03. The van der Waals surface area contributed by atoms with Gasteiger partial charge in [0.25, 0.3) is 0 Å². The molecule has 0 radical (unpaired) electrons. The number of amidine groups is 1. The van der Waals surface area contributed by atoms with Gasteiger partial charge in [0.05, 0.1) is 28.5 Å². The summed E-state index contributed by atoms with van der Waals surface area (Å²) < 4.78 is 0. The summed E-state index contributed by atoms with van der Waals surface area (Å²) in [6.45, 7) is 4.70. The molecule has 0 saturated carbocycles. The summed E-state index contributed by atoms with van der Waals surface area (Å²) in [5.74, 6) is 0.846. The van der Waals surface area contributed by atoms with Gasteiger partial charge in [-0.15, -0.1) is 0 Å². The van der Waals surface area contributed by atoms with Crippen LogP contribution in [0.15, 0.2) is 53.5 Å². The maximum atomic E-state index is 13.0. The van der Waals surface area contributed by atoms with Crippen LogP contribution in [0.1, 0.15) is 25.0 Å². The van der Waals surface area contributed by atoms with E-state index in [4.69, 9.17) is 28.2 Å². The maximum absolute atomic E-state index is 13.0. The molecule has 0 spiro atoms. The Bertz CT molecular complexity index is 837. The first-order valence-electron chi connectivity index (χ1n) is 8.35. The molecule has 1 aliphatic rings. The van der Waals surface area contributed by atoms with Crippen molar-refractivity contribution in [1.82, 2.24) is 4.90 Å². The van der Waals surface area contributed by atoms with Crippen molar-refractivity contribution in [1.29, 1.82) is 0 Å². The summed E-state index contributed by atoms with van der Waals surface area (Å²) in [5, 5.41) is 1.74. The Kier molecular flexibility index (Phi) is 5.96. The highest BCUT2D eigenvalue weighted by Crippen LogP contribution is 2.34. The van der Waals surface area contributed by atoms with E-state index in [1.807, 2.05) is 41.3 Å². The van der Waals surface area contributed by atoms with E-state index in [0.717, 1.165) is 22.0 Å². The molecule has 26 heavy (non-hydrogen) atoms. The SMILES string of the molecule is CC1(C)CSC(=NCc2ccccc2)N1C(=O)Cc1ccc(Cl)c(Cl)c1. The number of hydrogen-bond donors (Lipinski definition) is 0. The number of hydrogen-bond acceptors (Lipinski definition) is 3. The molecule has 0 aromatic heterocycles. The summed E-state index contributed by atoms with van der Waals surface area (Å²) >= 11 is 13.7. The Morgan fingerprint density at radius 2 is 1.85 bits per heavy atom. The molecule has 3 rings (SSSR count). The van der Waals surface area contributed by atoms with E-state index in [9.17, 15) is 4.79 Å². The Labute approximate surface area is 168 Å². The average Bonchev–Trinajstić information content (AvgIpc) is 2.92. The van der Waals surface area contributed by atoms with Gasteiger partial charge in [0.15, 0.2) is 5.17 Å². The maximum Gasteiger partial charge on any atom is 0.233 e. The van der Waals surface area contributed by atoms with E-state index in [1.165, 1.54) is 0 Å². The number of carbonyl (C=O) groups is 1. The van der Waals surface area contributed by atoms with E-state index < -0.39 is 0 Å². The van der Waals surface area contributed by atoms with Crippen LogP contribution >= 0.6 is 35.0 Å². The topological polar surface area (TPSA) is 32.7 Å². The van der Waals surface area contributed by atoms with E-state index in [1.54, 1.807) is 23.9 Å². The largest absolute Gasteiger partial charge is 0.285 e. The molecule has 0 N–H and O–H groups in total. The van der Waals surface area contributed by atoms with Crippen LogP contribution in [0.2, 0.25) is 10.0 Å². The van der Waals surface area contributed by atoms with Gasteiger partial charge in [-0.25, -0.2) is 0 Å². The first kappa shape index (κ1) is 19.3. The number of halogens is 2. The van der Waals surface area contributed by atoms with Crippen LogP contribution in [0, 0.1) is 0 Å². The molecular formula is C20H20Cl2N2OS. The van der Waals surface area contributed by atoms with Crippen LogP contribution in [0.25, 0.3) is 0 Å². The Balaban J connectivity index is 1.79. The van der Waals surface area contributed by atoms with Gasteiger partial charge >= 0.3 is 0 Å². The lowest BCUT2D eigenvalue weighted by Crippen LogP contribution is -2.47. The normalized spacial score (nSPS) is 17.7. The zero-order chi connectivity index (χ0) is 18.7. The highest BCUT2D eigenvalue weighted by atomic mass is 35.5.